The van der Waals surface area contributed by atoms with Gasteiger partial charge >= 0.3 is 41.8 Å². The zero-order chi connectivity index (χ0) is 35.6. The number of hydrogen-bond acceptors (Lipinski definition) is 18. The molecule has 0 radical (unpaired) electrons. The molecule has 262 valence electrons. The van der Waals surface area contributed by atoms with Crippen molar-refractivity contribution < 1.29 is 85.7 Å². The lowest BCUT2D eigenvalue weighted by Gasteiger charge is -2.48. The highest BCUT2D eigenvalue weighted by molar-refractivity contribution is 5.87. The second-order valence-corrected chi connectivity index (χ2v) is 10.0. The van der Waals surface area contributed by atoms with E-state index < -0.39 is 116 Å². The number of nitrogens with one attached hydrogen (secondary N) is 1. The average molecular weight is 676 g/mol. The fourth-order valence-corrected chi connectivity index (χ4v) is 4.72. The van der Waals surface area contributed by atoms with E-state index in [1.165, 1.54) is 0 Å². The Morgan fingerprint density at radius 2 is 1.15 bits per heavy atom. The minimum atomic E-state index is -1.96. The van der Waals surface area contributed by atoms with E-state index in [1.807, 2.05) is 0 Å². The fraction of sp³-hybridized carbons (Fsp3) is 0.643. The van der Waals surface area contributed by atoms with Crippen molar-refractivity contribution in [1.29, 1.82) is 0 Å². The van der Waals surface area contributed by atoms with Crippen LogP contribution >= 0.6 is 0 Å². The van der Waals surface area contributed by atoms with Crippen LogP contribution in [0.25, 0.3) is 0 Å². The van der Waals surface area contributed by atoms with Crippen molar-refractivity contribution in [1.82, 2.24) is 5.32 Å². The van der Waals surface area contributed by atoms with Gasteiger partial charge in [0.25, 0.3) is 0 Å². The van der Waals surface area contributed by atoms with E-state index in [4.69, 9.17) is 47.4 Å². The molecule has 2 aliphatic heterocycles. The molecule has 0 spiro atoms. The molecule has 2 saturated heterocycles. The van der Waals surface area contributed by atoms with Crippen LogP contribution in [0.15, 0.2) is 12.7 Å². The summed E-state index contributed by atoms with van der Waals surface area (Å²) < 4.78 is 54.3. The van der Waals surface area contributed by atoms with Gasteiger partial charge in [0, 0.05) is 41.5 Å². The minimum Gasteiger partial charge on any atom is -0.467 e. The van der Waals surface area contributed by atoms with Crippen LogP contribution in [0.1, 0.15) is 41.5 Å². The molecule has 47 heavy (non-hydrogen) atoms. The summed E-state index contributed by atoms with van der Waals surface area (Å²) in [5, 5.41) is 2.44. The minimum absolute atomic E-state index is 0.596. The van der Waals surface area contributed by atoms with Crippen LogP contribution in [-0.2, 0) is 85.7 Å². The summed E-state index contributed by atoms with van der Waals surface area (Å²) in [6.07, 6.45) is -14.8. The van der Waals surface area contributed by atoms with Gasteiger partial charge in [-0.15, -0.1) is 0 Å². The number of rotatable bonds is 12. The number of carbonyl (C=O) groups is 8. The maximum atomic E-state index is 12.9. The zero-order valence-corrected chi connectivity index (χ0v) is 26.6. The maximum absolute atomic E-state index is 12.9. The van der Waals surface area contributed by atoms with Crippen molar-refractivity contribution in [2.75, 3.05) is 13.7 Å². The third-order valence-electron chi connectivity index (χ3n) is 6.30. The average Bonchev–Trinajstić information content (AvgIpc) is 2.95. The molecular weight excluding hydrogens is 638 g/mol. The zero-order valence-electron chi connectivity index (χ0n) is 26.6. The Hall–Kier alpha value is -4.62. The predicted molar refractivity (Wildman–Crippen MR) is 147 cm³/mol. The molecule has 1 N–H and O–H groups in total. The van der Waals surface area contributed by atoms with Crippen molar-refractivity contribution in [2.24, 2.45) is 0 Å². The molecule has 1 amide bonds. The lowest BCUT2D eigenvalue weighted by molar-refractivity contribution is -0.340. The van der Waals surface area contributed by atoms with Crippen molar-refractivity contribution in [3.8, 4) is 0 Å². The highest BCUT2D eigenvalue weighted by Gasteiger charge is 2.58. The molecule has 2 aliphatic rings. The number of hydrogen-bond donors (Lipinski definition) is 1. The summed E-state index contributed by atoms with van der Waals surface area (Å²) in [6.45, 7) is 8.83. The Morgan fingerprint density at radius 3 is 1.64 bits per heavy atom. The molecule has 2 fully saturated rings. The molecule has 19 nitrogen and oxygen atoms in total. The van der Waals surface area contributed by atoms with E-state index in [0.29, 0.717) is 0 Å². The van der Waals surface area contributed by atoms with E-state index in [1.54, 1.807) is 0 Å². The molecule has 0 saturated carbocycles. The van der Waals surface area contributed by atoms with E-state index in [2.05, 4.69) is 11.9 Å². The van der Waals surface area contributed by atoms with Crippen molar-refractivity contribution in [3.05, 3.63) is 12.7 Å². The van der Waals surface area contributed by atoms with E-state index in [-0.39, 0.29) is 0 Å². The fourth-order valence-electron chi connectivity index (χ4n) is 4.72. The lowest BCUT2D eigenvalue weighted by atomic mass is 9.94. The van der Waals surface area contributed by atoms with Crippen LogP contribution in [0.4, 0.5) is 0 Å². The number of carbonyl (C=O) groups excluding carboxylic acids is 8. The first kappa shape index (κ1) is 38.6. The van der Waals surface area contributed by atoms with Crippen LogP contribution in [0.5, 0.6) is 0 Å². The number of amides is 1. The molecular formula is C28H37NO18. The molecule has 1 unspecified atom stereocenters. The maximum Gasteiger partial charge on any atom is 0.339 e. The second kappa shape index (κ2) is 17.3. The van der Waals surface area contributed by atoms with Crippen LogP contribution in [-0.4, -0.2) is 123 Å². The summed E-state index contributed by atoms with van der Waals surface area (Å²) in [5.74, 6) is -7.49. The van der Waals surface area contributed by atoms with E-state index in [0.717, 1.165) is 54.7 Å². The summed E-state index contributed by atoms with van der Waals surface area (Å²) >= 11 is 0. The van der Waals surface area contributed by atoms with Crippen LogP contribution in [0.2, 0.25) is 0 Å². The highest BCUT2D eigenvalue weighted by Crippen LogP contribution is 2.35. The molecule has 2 rings (SSSR count). The Morgan fingerprint density at radius 1 is 0.638 bits per heavy atom. The Balaban J connectivity index is 2.80. The van der Waals surface area contributed by atoms with Crippen molar-refractivity contribution in [2.45, 2.75) is 103 Å². The van der Waals surface area contributed by atoms with E-state index >= 15 is 0 Å². The normalized spacial score (nSPS) is 29.9. The largest absolute Gasteiger partial charge is 0.467 e. The monoisotopic (exact) mass is 675 g/mol. The van der Waals surface area contributed by atoms with Gasteiger partial charge in [-0.25, -0.2) is 4.79 Å². The topological polar surface area (TPSA) is 241 Å². The third-order valence-corrected chi connectivity index (χ3v) is 6.30. The van der Waals surface area contributed by atoms with Gasteiger partial charge in [-0.05, 0) is 6.08 Å². The first-order chi connectivity index (χ1) is 22.0. The molecule has 0 aromatic carbocycles. The summed E-state index contributed by atoms with van der Waals surface area (Å²) in [7, 11) is 0.977. The Bertz CT molecular complexity index is 1230. The standard InChI is InChI=1S/C28H37NO18/c1-9-18(36)29-19-21(20(40-12(3)31)17(10-39-11(2)30)45-27(19)44-16(7)35)46-28-25(43-15(6)34)23(42-14(5)33)22(41-13(4)32)24(47-28)26(37)38-8/h9,17,19-25,27-28H,1,10H2,2-8H3,(H,29,36)/t17-,19-,20+,21-,22+,23+,24+,25-,27?,28-/m1/s1. The molecule has 19 heteroatoms. The van der Waals surface area contributed by atoms with Gasteiger partial charge in [-0.2, -0.15) is 0 Å². The number of esters is 7. The van der Waals surface area contributed by atoms with Crippen molar-refractivity contribution in [3.63, 3.8) is 0 Å². The Labute approximate surface area is 268 Å². The van der Waals surface area contributed by atoms with Crippen LogP contribution in [0.3, 0.4) is 0 Å². The second-order valence-electron chi connectivity index (χ2n) is 10.0. The third kappa shape index (κ3) is 11.0. The lowest BCUT2D eigenvalue weighted by Crippen LogP contribution is -2.69. The van der Waals surface area contributed by atoms with Gasteiger partial charge in [0.2, 0.25) is 12.2 Å². The van der Waals surface area contributed by atoms with Crippen molar-refractivity contribution >= 4 is 47.7 Å². The van der Waals surface area contributed by atoms with E-state index in [9.17, 15) is 38.4 Å². The van der Waals surface area contributed by atoms with Gasteiger partial charge in [0.05, 0.1) is 7.11 Å². The first-order valence-electron chi connectivity index (χ1n) is 14.0. The van der Waals surface area contributed by atoms with Gasteiger partial charge in [-0.1, -0.05) is 6.58 Å². The highest BCUT2D eigenvalue weighted by atomic mass is 16.8. The Kier molecular flexibility index (Phi) is 14.2. The molecule has 0 aromatic heterocycles. The molecule has 2 heterocycles. The van der Waals surface area contributed by atoms with Gasteiger partial charge in [0.15, 0.2) is 36.8 Å². The SMILES string of the molecule is C=CC(=O)N[C@H]1C(OC(C)=O)O[C@H](COC(C)=O)[C@H](OC(C)=O)[C@@H]1O[C@@H]1O[C@H](C(=O)OC)[C@@H](OC(C)=O)[C@H](OC(C)=O)[C@H]1OC(C)=O. The quantitative estimate of drug-likeness (QED) is 0.141. The molecule has 0 aliphatic carbocycles. The predicted octanol–water partition coefficient (Wildman–Crippen LogP) is -1.48. The summed E-state index contributed by atoms with van der Waals surface area (Å²) in [6, 6.07) is -1.57. The van der Waals surface area contributed by atoms with Gasteiger partial charge in [0.1, 0.15) is 24.9 Å². The first-order valence-corrected chi connectivity index (χ1v) is 14.0. The van der Waals surface area contributed by atoms with Gasteiger partial charge in [-0.3, -0.25) is 33.6 Å². The smallest absolute Gasteiger partial charge is 0.339 e. The van der Waals surface area contributed by atoms with Crippen LogP contribution in [0, 0.1) is 0 Å². The number of methoxy groups -OCH3 is 1. The number of ether oxygens (including phenoxy) is 10. The molecule has 0 aromatic rings. The summed E-state index contributed by atoms with van der Waals surface area (Å²) in [5.41, 5.74) is 0. The van der Waals surface area contributed by atoms with Gasteiger partial charge < -0.3 is 52.7 Å². The molecule has 10 atom stereocenters. The van der Waals surface area contributed by atoms with Crippen LogP contribution < -0.4 is 5.32 Å². The molecule has 0 bridgehead atoms. The summed E-state index contributed by atoms with van der Waals surface area (Å²) in [4.78, 5) is 98.0.